The van der Waals surface area contributed by atoms with E-state index >= 15 is 0 Å². The number of aromatic nitrogens is 2. The quantitative estimate of drug-likeness (QED) is 0.0482. The molecule has 0 spiro atoms. The van der Waals surface area contributed by atoms with Crippen molar-refractivity contribution in [1.29, 1.82) is 5.26 Å². The molecule has 1 saturated carbocycles. The molecule has 5 aromatic rings. The number of aromatic amines is 1. The fourth-order valence-corrected chi connectivity index (χ4v) is 11.1. The van der Waals surface area contributed by atoms with Gasteiger partial charge in [0, 0.05) is 35.7 Å². The van der Waals surface area contributed by atoms with Crippen LogP contribution in [-0.2, 0) is 24.1 Å². The summed E-state index contributed by atoms with van der Waals surface area (Å²) in [6.07, 6.45) is -0.706. The van der Waals surface area contributed by atoms with Crippen molar-refractivity contribution >= 4 is 8.53 Å². The normalized spacial score (nSPS) is 22.2. The SMILES string of the molecule is COc1ccc(C(OC[C@]23O[C@@H](n4cc(C)c(=O)[nH]c4=O)C([C@H](C)[C@@H]2Oc2ccc(C)cc2)[C@@H]3OP(OCCC#N)N(C(C)C)C(C)C)(c2ccccc2)c2ccc(OC)cc2)cc1. The molecule has 4 aromatic carbocycles. The summed E-state index contributed by atoms with van der Waals surface area (Å²) in [6.45, 7) is 14.1. The number of aryl methyl sites for hydroxylation is 2. The molecule has 7 atom stereocenters. The highest BCUT2D eigenvalue weighted by molar-refractivity contribution is 7.44. The van der Waals surface area contributed by atoms with E-state index in [9.17, 15) is 14.9 Å². The molecule has 1 aliphatic carbocycles. The number of hydrogen-bond donors (Lipinski definition) is 1. The van der Waals surface area contributed by atoms with E-state index in [4.69, 9.17) is 32.7 Å². The van der Waals surface area contributed by atoms with Crippen LogP contribution >= 0.6 is 8.53 Å². The number of fused-ring (bicyclic) bond motifs is 2. The van der Waals surface area contributed by atoms with Gasteiger partial charge >= 0.3 is 5.69 Å². The van der Waals surface area contributed by atoms with Crippen molar-refractivity contribution in [3.05, 3.63) is 158 Å². The van der Waals surface area contributed by atoms with Crippen molar-refractivity contribution in [1.82, 2.24) is 14.2 Å². The molecule has 1 N–H and O–H groups in total. The summed E-state index contributed by atoms with van der Waals surface area (Å²) in [7, 11) is 1.42. The lowest BCUT2D eigenvalue weighted by atomic mass is 9.79. The minimum Gasteiger partial charge on any atom is -0.497 e. The Morgan fingerprint density at radius 2 is 1.39 bits per heavy atom. The van der Waals surface area contributed by atoms with Gasteiger partial charge in [0.25, 0.3) is 14.1 Å². The van der Waals surface area contributed by atoms with Gasteiger partial charge in [-0.15, -0.1) is 0 Å². The highest BCUT2D eigenvalue weighted by Crippen LogP contribution is 2.63. The summed E-state index contributed by atoms with van der Waals surface area (Å²) < 4.78 is 51.1. The maximum absolute atomic E-state index is 13.9. The van der Waals surface area contributed by atoms with E-state index < -0.39 is 55.3 Å². The van der Waals surface area contributed by atoms with Gasteiger partial charge in [-0.2, -0.15) is 5.26 Å². The maximum Gasteiger partial charge on any atom is 0.330 e. The van der Waals surface area contributed by atoms with Crippen molar-refractivity contribution in [3.63, 3.8) is 0 Å². The second kappa shape index (κ2) is 19.8. The molecule has 0 radical (unpaired) electrons. The minimum absolute atomic E-state index is 0.00598. The molecule has 14 heteroatoms. The number of nitrogens with zero attached hydrogens (tertiary/aromatic N) is 3. The summed E-state index contributed by atoms with van der Waals surface area (Å²) in [5, 5.41) is 9.60. The number of ether oxygens (including phenoxy) is 5. The first-order valence-electron chi connectivity index (χ1n) is 21.7. The topological polar surface area (TPSA) is 147 Å². The van der Waals surface area contributed by atoms with E-state index in [1.807, 2.05) is 110 Å². The Balaban J connectivity index is 1.47. The molecule has 13 nitrogen and oxygen atoms in total. The number of methoxy groups -OCH3 is 2. The fourth-order valence-electron chi connectivity index (χ4n) is 9.29. The van der Waals surface area contributed by atoms with Crippen molar-refractivity contribution < 1.29 is 32.7 Å². The first-order chi connectivity index (χ1) is 30.8. The predicted molar refractivity (Wildman–Crippen MR) is 246 cm³/mol. The molecule has 2 unspecified atom stereocenters. The Hall–Kier alpha value is -5.32. The van der Waals surface area contributed by atoms with E-state index in [0.29, 0.717) is 22.8 Å². The highest BCUT2D eigenvalue weighted by Gasteiger charge is 2.72. The van der Waals surface area contributed by atoms with Gasteiger partial charge in [-0.3, -0.25) is 14.3 Å². The van der Waals surface area contributed by atoms with E-state index in [1.165, 1.54) is 4.57 Å². The zero-order valence-electron chi connectivity index (χ0n) is 38.0. The smallest absolute Gasteiger partial charge is 0.330 e. The van der Waals surface area contributed by atoms with Gasteiger partial charge < -0.3 is 32.7 Å². The first kappa shape index (κ1) is 46.7. The third-order valence-corrected chi connectivity index (χ3v) is 14.4. The molecule has 1 aromatic heterocycles. The van der Waals surface area contributed by atoms with Crippen molar-refractivity contribution in [2.24, 2.45) is 11.8 Å². The summed E-state index contributed by atoms with van der Waals surface area (Å²) in [5.74, 6) is 1.15. The Morgan fingerprint density at radius 3 is 1.94 bits per heavy atom. The lowest BCUT2D eigenvalue weighted by molar-refractivity contribution is -0.215. The molecule has 2 fully saturated rings. The van der Waals surface area contributed by atoms with Gasteiger partial charge in [0.05, 0.1) is 39.9 Å². The standard InChI is InChI=1S/C50H59N4O9P/c1-32(2)54(33(3)4)64(60-29-13-28-51)63-45-43-36(7)44(61-42-22-16-34(5)17-23-42)49(45,62-47(43)53-30-35(6)46(55)52-48(53)56)31-59-50(37-14-11-10-12-15-37,38-18-24-40(57-8)25-19-38)39-20-26-41(58-9)27-21-39/h10-12,14-27,30,32-33,36,43-45,47H,13,29,31H2,1-9H3,(H,52,55,56)/t36-,43?,44-,45-,47+,49-,64?/m0/s1. The molecular formula is C50H59N4O9P. The third kappa shape index (κ3) is 9.01. The van der Waals surface area contributed by atoms with E-state index in [1.54, 1.807) is 27.3 Å². The number of nitriles is 1. The van der Waals surface area contributed by atoms with Crippen LogP contribution in [-0.4, -0.2) is 71.5 Å². The highest BCUT2D eigenvalue weighted by atomic mass is 31.2. The lowest BCUT2D eigenvalue weighted by Crippen LogP contribution is -2.57. The Morgan fingerprint density at radius 1 is 0.828 bits per heavy atom. The minimum atomic E-state index is -1.84. The first-order valence-corrected chi connectivity index (χ1v) is 22.9. The molecule has 1 aliphatic heterocycles. The van der Waals surface area contributed by atoms with Crippen LogP contribution in [0.1, 0.15) is 75.1 Å². The van der Waals surface area contributed by atoms with Crippen LogP contribution < -0.4 is 25.5 Å². The Labute approximate surface area is 376 Å². The van der Waals surface area contributed by atoms with Crippen LogP contribution in [0.3, 0.4) is 0 Å². The van der Waals surface area contributed by atoms with Gasteiger partial charge in [0.1, 0.15) is 41.3 Å². The van der Waals surface area contributed by atoms with Gasteiger partial charge in [0.15, 0.2) is 5.60 Å². The van der Waals surface area contributed by atoms with Crippen LogP contribution in [0.4, 0.5) is 0 Å². The van der Waals surface area contributed by atoms with E-state index in [-0.39, 0.29) is 37.6 Å². The van der Waals surface area contributed by atoms with Gasteiger partial charge in [0.2, 0.25) is 0 Å². The number of nitrogens with one attached hydrogen (secondary N) is 1. The van der Waals surface area contributed by atoms with Crippen molar-refractivity contribution in [3.8, 4) is 23.3 Å². The van der Waals surface area contributed by atoms with Crippen molar-refractivity contribution in [2.75, 3.05) is 27.4 Å². The van der Waals surface area contributed by atoms with Crippen LogP contribution in [0.15, 0.2) is 119 Å². The largest absolute Gasteiger partial charge is 0.497 e. The predicted octanol–water partition coefficient (Wildman–Crippen LogP) is 8.82. The Bertz CT molecular complexity index is 2430. The number of hydrogen-bond acceptors (Lipinski definition) is 11. The van der Waals surface area contributed by atoms with Gasteiger partial charge in [-0.25, -0.2) is 9.46 Å². The zero-order valence-corrected chi connectivity index (χ0v) is 38.9. The molecule has 7 rings (SSSR count). The molecule has 2 bridgehead atoms. The van der Waals surface area contributed by atoms with Crippen LogP contribution in [0.2, 0.25) is 0 Å². The third-order valence-electron chi connectivity index (χ3n) is 12.3. The van der Waals surface area contributed by atoms with Crippen LogP contribution in [0.5, 0.6) is 17.2 Å². The van der Waals surface area contributed by atoms with Crippen LogP contribution in [0.25, 0.3) is 0 Å². The van der Waals surface area contributed by atoms with Crippen LogP contribution in [0, 0.1) is 37.0 Å². The maximum atomic E-state index is 13.9. The summed E-state index contributed by atoms with van der Waals surface area (Å²) in [5.41, 5.74) is 0.106. The molecule has 64 heavy (non-hydrogen) atoms. The Kier molecular flexibility index (Phi) is 14.5. The lowest BCUT2D eigenvalue weighted by Gasteiger charge is -2.45. The summed E-state index contributed by atoms with van der Waals surface area (Å²) >= 11 is 0. The summed E-state index contributed by atoms with van der Waals surface area (Å²) in [6, 6.07) is 35.7. The second-order valence-electron chi connectivity index (χ2n) is 17.1. The molecule has 1 saturated heterocycles. The molecule has 2 aliphatic rings. The molecular weight excluding hydrogens is 832 g/mol. The average Bonchev–Trinajstić information content (AvgIpc) is 3.71. The van der Waals surface area contributed by atoms with Gasteiger partial charge in [-0.05, 0) is 94.6 Å². The molecule has 2 heterocycles. The fraction of sp³-hybridized carbons (Fsp3) is 0.420. The number of H-pyrrole nitrogens is 1. The average molecular weight is 891 g/mol. The number of benzene rings is 4. The zero-order chi connectivity index (χ0) is 45.8. The summed E-state index contributed by atoms with van der Waals surface area (Å²) in [4.78, 5) is 29.2. The van der Waals surface area contributed by atoms with E-state index in [0.717, 1.165) is 22.3 Å². The van der Waals surface area contributed by atoms with Crippen molar-refractivity contribution in [2.45, 2.75) is 96.6 Å². The monoisotopic (exact) mass is 890 g/mol. The van der Waals surface area contributed by atoms with E-state index in [2.05, 4.69) is 50.3 Å². The number of rotatable bonds is 19. The van der Waals surface area contributed by atoms with Gasteiger partial charge in [-0.1, -0.05) is 79.2 Å². The molecule has 0 amide bonds. The molecule has 338 valence electrons. The second-order valence-corrected chi connectivity index (χ2v) is 18.5.